The molecule has 2 aromatic rings. The number of ether oxygens (including phenoxy) is 1. The Balaban J connectivity index is 1.39. The Morgan fingerprint density at radius 1 is 0.943 bits per heavy atom. The zero-order valence-electron chi connectivity index (χ0n) is 19.7. The summed E-state index contributed by atoms with van der Waals surface area (Å²) in [6.45, 7) is 8.98. The predicted octanol–water partition coefficient (Wildman–Crippen LogP) is 0.807. The maximum absolute atomic E-state index is 13.8. The summed E-state index contributed by atoms with van der Waals surface area (Å²) in [5.74, 6) is 1.58. The van der Waals surface area contributed by atoms with E-state index >= 15 is 0 Å². The molecule has 35 heavy (non-hydrogen) atoms. The molecule has 3 aliphatic rings. The van der Waals surface area contributed by atoms with Gasteiger partial charge in [0.05, 0.1) is 18.8 Å². The average Bonchev–Trinajstić information content (AvgIpc) is 2.90. The van der Waals surface area contributed by atoms with E-state index in [2.05, 4.69) is 35.1 Å². The van der Waals surface area contributed by atoms with Gasteiger partial charge in [-0.1, -0.05) is 0 Å². The van der Waals surface area contributed by atoms with Crippen molar-refractivity contribution < 1.29 is 13.5 Å². The fraction of sp³-hybridized carbons (Fsp3) is 0.682. The molecule has 0 aromatic carbocycles. The Hall–Kier alpha value is -2.77. The summed E-state index contributed by atoms with van der Waals surface area (Å²) in [5, 5.41) is 3.42. The van der Waals surface area contributed by atoms with Gasteiger partial charge in [-0.2, -0.15) is 15.0 Å². The molecule has 0 amide bonds. The summed E-state index contributed by atoms with van der Waals surface area (Å²) >= 11 is 0. The minimum Gasteiger partial charge on any atom is -0.378 e. The van der Waals surface area contributed by atoms with E-state index in [1.165, 1.54) is 19.0 Å². The number of nitrogen functional groups attached to an aromatic ring is 1. The lowest BCUT2D eigenvalue weighted by atomic mass is 9.97. The van der Waals surface area contributed by atoms with E-state index in [1.807, 2.05) is 4.90 Å². The third-order valence-electron chi connectivity index (χ3n) is 6.82. The summed E-state index contributed by atoms with van der Waals surface area (Å²) in [6.07, 6.45) is 0.871. The molecule has 11 nitrogen and oxygen atoms in total. The third-order valence-corrected chi connectivity index (χ3v) is 6.82. The van der Waals surface area contributed by atoms with Crippen molar-refractivity contribution in [3.8, 4) is 11.4 Å². The van der Waals surface area contributed by atoms with Crippen molar-refractivity contribution in [2.45, 2.75) is 19.3 Å². The van der Waals surface area contributed by atoms with Crippen molar-refractivity contribution in [3.63, 3.8) is 0 Å². The van der Waals surface area contributed by atoms with E-state index in [1.54, 1.807) is 0 Å². The highest BCUT2D eigenvalue weighted by molar-refractivity contribution is 5.61. The zero-order valence-corrected chi connectivity index (χ0v) is 19.7. The van der Waals surface area contributed by atoms with Crippen LogP contribution in [0.15, 0.2) is 6.20 Å². The SMILES string of the molecule is Nc1ncc(-c2nc(N3CCOCC3)nc(N3CCN(CC4CCNCC4)CC3)n2)c(C(F)F)n1. The van der Waals surface area contributed by atoms with Crippen LogP contribution >= 0.6 is 0 Å². The molecule has 3 fully saturated rings. The van der Waals surface area contributed by atoms with Crippen molar-refractivity contribution in [1.82, 2.24) is 35.1 Å². The molecule has 3 aliphatic heterocycles. The number of morpholine rings is 1. The lowest BCUT2D eigenvalue weighted by Crippen LogP contribution is -2.49. The molecule has 0 atom stereocenters. The molecule has 5 rings (SSSR count). The molecule has 0 aliphatic carbocycles. The number of aromatic nitrogens is 5. The molecule has 3 N–H and O–H groups in total. The van der Waals surface area contributed by atoms with Gasteiger partial charge in [0, 0.05) is 52.0 Å². The first kappa shape index (κ1) is 23.9. The van der Waals surface area contributed by atoms with E-state index < -0.39 is 12.1 Å². The first-order chi connectivity index (χ1) is 17.1. The van der Waals surface area contributed by atoms with Crippen molar-refractivity contribution in [1.29, 1.82) is 0 Å². The van der Waals surface area contributed by atoms with Gasteiger partial charge in [0.15, 0.2) is 5.82 Å². The fourth-order valence-electron chi connectivity index (χ4n) is 4.83. The summed E-state index contributed by atoms with van der Waals surface area (Å²) in [4.78, 5) is 28.1. The maximum Gasteiger partial charge on any atom is 0.281 e. The van der Waals surface area contributed by atoms with E-state index in [0.717, 1.165) is 51.7 Å². The van der Waals surface area contributed by atoms with Crippen molar-refractivity contribution in [2.75, 3.05) is 87.7 Å². The highest BCUT2D eigenvalue weighted by Gasteiger charge is 2.27. The highest BCUT2D eigenvalue weighted by Crippen LogP contribution is 2.30. The van der Waals surface area contributed by atoms with Crippen LogP contribution in [-0.4, -0.2) is 102 Å². The fourth-order valence-corrected chi connectivity index (χ4v) is 4.83. The monoisotopic (exact) mass is 490 g/mol. The number of halogens is 2. The molecule has 0 bridgehead atoms. The van der Waals surface area contributed by atoms with Crippen LogP contribution in [0.4, 0.5) is 26.6 Å². The van der Waals surface area contributed by atoms with E-state index in [9.17, 15) is 8.78 Å². The highest BCUT2D eigenvalue weighted by atomic mass is 19.3. The molecule has 0 saturated carbocycles. The summed E-state index contributed by atoms with van der Waals surface area (Å²) < 4.78 is 33.0. The molecule has 0 unspecified atom stereocenters. The lowest BCUT2D eigenvalue weighted by Gasteiger charge is -2.37. The number of nitrogens with zero attached hydrogens (tertiary/aromatic N) is 8. The number of nitrogens with one attached hydrogen (secondary N) is 1. The number of piperidine rings is 1. The second-order valence-electron chi connectivity index (χ2n) is 9.17. The van der Waals surface area contributed by atoms with E-state index in [-0.39, 0.29) is 17.3 Å². The summed E-state index contributed by atoms with van der Waals surface area (Å²) in [7, 11) is 0. The first-order valence-electron chi connectivity index (χ1n) is 12.2. The number of nitrogens with two attached hydrogens (primary N) is 1. The number of alkyl halides is 2. The quantitative estimate of drug-likeness (QED) is 0.598. The molecular weight excluding hydrogens is 458 g/mol. The van der Waals surface area contributed by atoms with E-state index in [0.29, 0.717) is 38.2 Å². The zero-order chi connectivity index (χ0) is 24.2. The third kappa shape index (κ3) is 5.73. The van der Waals surface area contributed by atoms with Gasteiger partial charge in [-0.25, -0.2) is 18.7 Å². The average molecular weight is 491 g/mol. The van der Waals surface area contributed by atoms with Crippen molar-refractivity contribution in [3.05, 3.63) is 11.9 Å². The Bertz CT molecular complexity index is 992. The summed E-state index contributed by atoms with van der Waals surface area (Å²) in [5.41, 5.74) is 5.16. The van der Waals surface area contributed by atoms with Gasteiger partial charge < -0.3 is 25.6 Å². The maximum atomic E-state index is 13.8. The van der Waals surface area contributed by atoms with Crippen LogP contribution < -0.4 is 20.9 Å². The number of anilines is 3. The standard InChI is InChI=1S/C22H32F2N10O/c23-18(24)17-16(13-27-20(25)28-17)19-29-21(31-22(30-19)34-9-11-35-12-10-34)33-7-5-32(6-8-33)14-15-1-3-26-4-2-15/h13,15,18,26H,1-12,14H2,(H2,25,27,28). The van der Waals surface area contributed by atoms with Gasteiger partial charge in [0.1, 0.15) is 5.69 Å². The second kappa shape index (κ2) is 10.9. The molecule has 0 radical (unpaired) electrons. The van der Waals surface area contributed by atoms with Crippen LogP contribution in [0.25, 0.3) is 11.4 Å². The molecule has 3 saturated heterocycles. The van der Waals surface area contributed by atoms with Gasteiger partial charge in [0.25, 0.3) is 6.43 Å². The second-order valence-corrected chi connectivity index (χ2v) is 9.17. The number of piperazine rings is 1. The van der Waals surface area contributed by atoms with E-state index in [4.69, 9.17) is 15.5 Å². The van der Waals surface area contributed by atoms with Gasteiger partial charge in [0.2, 0.25) is 17.8 Å². The minimum absolute atomic E-state index is 0.0666. The van der Waals surface area contributed by atoms with Crippen molar-refractivity contribution >= 4 is 17.8 Å². The van der Waals surface area contributed by atoms with Crippen molar-refractivity contribution in [2.24, 2.45) is 5.92 Å². The van der Waals surface area contributed by atoms with Gasteiger partial charge in [-0.3, -0.25) is 4.90 Å². The van der Waals surface area contributed by atoms with Crippen LogP contribution in [0.1, 0.15) is 25.0 Å². The number of hydrogen-bond donors (Lipinski definition) is 2. The van der Waals surface area contributed by atoms with Gasteiger partial charge >= 0.3 is 0 Å². The number of rotatable bonds is 6. The number of hydrogen-bond acceptors (Lipinski definition) is 11. The largest absolute Gasteiger partial charge is 0.378 e. The molecule has 13 heteroatoms. The minimum atomic E-state index is -2.83. The Morgan fingerprint density at radius 2 is 1.60 bits per heavy atom. The van der Waals surface area contributed by atoms with Gasteiger partial charge in [-0.05, 0) is 31.8 Å². The summed E-state index contributed by atoms with van der Waals surface area (Å²) in [6, 6.07) is 0. The van der Waals surface area contributed by atoms with Crippen LogP contribution in [-0.2, 0) is 4.74 Å². The molecule has 2 aromatic heterocycles. The Morgan fingerprint density at radius 3 is 2.26 bits per heavy atom. The smallest absolute Gasteiger partial charge is 0.281 e. The van der Waals surface area contributed by atoms with Crippen LogP contribution in [0.5, 0.6) is 0 Å². The lowest BCUT2D eigenvalue weighted by molar-refractivity contribution is 0.122. The molecular formula is C22H32F2N10O. The topological polar surface area (TPSA) is 121 Å². The van der Waals surface area contributed by atoms with Gasteiger partial charge in [-0.15, -0.1) is 0 Å². The molecule has 0 spiro atoms. The Labute approximate surface area is 203 Å². The van der Waals surface area contributed by atoms with Crippen LogP contribution in [0.2, 0.25) is 0 Å². The molecule has 190 valence electrons. The first-order valence-corrected chi connectivity index (χ1v) is 12.2. The molecule has 5 heterocycles. The predicted molar refractivity (Wildman–Crippen MR) is 128 cm³/mol. The Kier molecular flexibility index (Phi) is 7.44. The van der Waals surface area contributed by atoms with Crippen LogP contribution in [0.3, 0.4) is 0 Å². The van der Waals surface area contributed by atoms with Crippen LogP contribution in [0, 0.1) is 5.92 Å². The normalized spacial score (nSPS) is 20.5.